The molecule has 0 spiro atoms. The Bertz CT molecular complexity index is 2640. The van der Waals surface area contributed by atoms with E-state index in [0.717, 1.165) is 38.7 Å². The first-order valence-corrected chi connectivity index (χ1v) is 17.0. The number of hydrogen-bond donors (Lipinski definition) is 0. The van der Waals surface area contributed by atoms with E-state index < -0.39 is 0 Å². The summed E-state index contributed by atoms with van der Waals surface area (Å²) in [5.41, 5.74) is 12.6. The predicted octanol–water partition coefficient (Wildman–Crippen LogP) is 9.63. The quantitative estimate of drug-likeness (QED) is 0.142. The van der Waals surface area contributed by atoms with Gasteiger partial charge in [0.2, 0.25) is 11.4 Å². The molecule has 0 bridgehead atoms. The van der Waals surface area contributed by atoms with Crippen molar-refractivity contribution in [2.45, 2.75) is 44.2 Å². The number of fused-ring (bicyclic) bond motifs is 10. The summed E-state index contributed by atoms with van der Waals surface area (Å²) in [7, 11) is 0. The SMILES string of the molecule is C=CC1C(C2c3ccc4c(oc5c(-c6ccc(C#N)cc6)c(C#N)ccc54)c3-c3cccc[n+]32)c2ccccc2-c2ccc(C(C)(C)C)c[n+]21. The van der Waals surface area contributed by atoms with Gasteiger partial charge in [0.1, 0.15) is 17.1 Å². The van der Waals surface area contributed by atoms with E-state index in [2.05, 4.69) is 134 Å². The smallest absolute Gasteiger partial charge is 0.217 e. The van der Waals surface area contributed by atoms with Crippen molar-refractivity contribution in [3.8, 4) is 45.8 Å². The molecule has 2 aliphatic heterocycles. The van der Waals surface area contributed by atoms with Crippen LogP contribution >= 0.6 is 0 Å². The Morgan fingerprint density at radius 1 is 0.720 bits per heavy atom. The first-order chi connectivity index (χ1) is 24.3. The van der Waals surface area contributed by atoms with Gasteiger partial charge in [0, 0.05) is 45.7 Å². The lowest BCUT2D eigenvalue weighted by molar-refractivity contribution is -0.739. The van der Waals surface area contributed by atoms with Gasteiger partial charge >= 0.3 is 0 Å². The summed E-state index contributed by atoms with van der Waals surface area (Å²) in [6.07, 6.45) is 6.64. The molecule has 0 fully saturated rings. The van der Waals surface area contributed by atoms with Crippen LogP contribution in [0.5, 0.6) is 0 Å². The lowest BCUT2D eigenvalue weighted by Crippen LogP contribution is -2.52. The number of rotatable bonds is 3. The molecule has 0 saturated carbocycles. The van der Waals surface area contributed by atoms with Crippen molar-refractivity contribution in [3.05, 3.63) is 156 Å². The number of furan rings is 1. The van der Waals surface area contributed by atoms with Crippen LogP contribution in [0.3, 0.4) is 0 Å². The van der Waals surface area contributed by atoms with Crippen LogP contribution in [0.25, 0.3) is 55.6 Å². The van der Waals surface area contributed by atoms with E-state index >= 15 is 0 Å². The third-order valence-electron chi connectivity index (χ3n) is 10.7. The molecule has 2 aliphatic rings. The number of hydrogen-bond acceptors (Lipinski definition) is 3. The van der Waals surface area contributed by atoms with Gasteiger partial charge in [-0.25, -0.2) is 0 Å². The van der Waals surface area contributed by atoms with Gasteiger partial charge in [-0.2, -0.15) is 19.7 Å². The topological polar surface area (TPSA) is 68.5 Å². The van der Waals surface area contributed by atoms with Crippen molar-refractivity contribution in [1.82, 2.24) is 0 Å². The molecule has 5 heteroatoms. The van der Waals surface area contributed by atoms with Crippen molar-refractivity contribution in [2.75, 3.05) is 0 Å². The van der Waals surface area contributed by atoms with Gasteiger partial charge in [-0.1, -0.05) is 63.7 Å². The third kappa shape index (κ3) is 4.17. The van der Waals surface area contributed by atoms with Gasteiger partial charge in [0.25, 0.3) is 0 Å². The minimum absolute atomic E-state index is 0.00353. The van der Waals surface area contributed by atoms with Crippen molar-refractivity contribution in [1.29, 1.82) is 10.5 Å². The summed E-state index contributed by atoms with van der Waals surface area (Å²) in [5.74, 6) is 0.0463. The van der Waals surface area contributed by atoms with Crippen molar-refractivity contribution in [3.63, 3.8) is 0 Å². The number of benzene rings is 4. The van der Waals surface area contributed by atoms with Crippen LogP contribution in [0.1, 0.15) is 66.6 Å². The highest BCUT2D eigenvalue weighted by Gasteiger charge is 2.52. The summed E-state index contributed by atoms with van der Waals surface area (Å²) in [5, 5.41) is 21.5. The Morgan fingerprint density at radius 3 is 2.20 bits per heavy atom. The van der Waals surface area contributed by atoms with Gasteiger partial charge in [-0.15, -0.1) is 0 Å². The second-order valence-electron chi connectivity index (χ2n) is 14.4. The van der Waals surface area contributed by atoms with Crippen LogP contribution in [-0.2, 0) is 5.41 Å². The molecule has 4 aromatic carbocycles. The third-order valence-corrected chi connectivity index (χ3v) is 10.7. The van der Waals surface area contributed by atoms with Crippen LogP contribution < -0.4 is 9.13 Å². The molecule has 0 saturated heterocycles. The largest absolute Gasteiger partial charge is 0.454 e. The fourth-order valence-corrected chi connectivity index (χ4v) is 8.38. The van der Waals surface area contributed by atoms with Crippen molar-refractivity contribution in [2.24, 2.45) is 0 Å². The Kier molecular flexibility index (Phi) is 6.47. The highest BCUT2D eigenvalue weighted by molar-refractivity contribution is 6.14. The zero-order chi connectivity index (χ0) is 34.3. The molecule has 3 atom stereocenters. The molecule has 50 heavy (non-hydrogen) atoms. The number of allylic oxidation sites excluding steroid dienone is 1. The molecule has 9 rings (SSSR count). The molecule has 5 nitrogen and oxygen atoms in total. The van der Waals surface area contributed by atoms with Crippen LogP contribution in [-0.4, -0.2) is 0 Å². The second-order valence-corrected chi connectivity index (χ2v) is 14.4. The number of aromatic nitrogens is 2. The lowest BCUT2D eigenvalue weighted by Gasteiger charge is -2.31. The van der Waals surface area contributed by atoms with E-state index in [4.69, 9.17) is 4.42 Å². The maximum atomic E-state index is 10.2. The molecule has 3 unspecified atom stereocenters. The normalized spacial score (nSPS) is 17.3. The molecule has 238 valence electrons. The van der Waals surface area contributed by atoms with Crippen LogP contribution in [0.15, 0.2) is 133 Å². The summed E-state index contributed by atoms with van der Waals surface area (Å²) < 4.78 is 11.8. The Morgan fingerprint density at radius 2 is 1.46 bits per heavy atom. The van der Waals surface area contributed by atoms with Gasteiger partial charge in [-0.05, 0) is 71.1 Å². The van der Waals surface area contributed by atoms with E-state index in [0.29, 0.717) is 16.7 Å². The highest BCUT2D eigenvalue weighted by Crippen LogP contribution is 2.52. The molecular weight excluding hydrogens is 613 g/mol. The lowest BCUT2D eigenvalue weighted by atomic mass is 9.76. The monoisotopic (exact) mass is 646 g/mol. The maximum Gasteiger partial charge on any atom is 0.217 e. The maximum absolute atomic E-state index is 10.2. The molecule has 0 radical (unpaired) electrons. The Labute approximate surface area is 291 Å². The first kappa shape index (κ1) is 29.8. The minimum atomic E-state index is -0.0328. The molecule has 0 amide bonds. The Hall–Kier alpha value is -6.30. The van der Waals surface area contributed by atoms with Gasteiger partial charge < -0.3 is 4.42 Å². The molecule has 0 aliphatic carbocycles. The van der Waals surface area contributed by atoms with Crippen LogP contribution in [0.2, 0.25) is 0 Å². The molecule has 0 N–H and O–H groups in total. The van der Waals surface area contributed by atoms with E-state index in [9.17, 15) is 10.5 Å². The molecule has 5 heterocycles. The van der Waals surface area contributed by atoms with E-state index in [1.165, 1.54) is 27.9 Å². The van der Waals surface area contributed by atoms with E-state index in [-0.39, 0.29) is 23.4 Å². The fourth-order valence-electron chi connectivity index (χ4n) is 8.38. The summed E-state index contributed by atoms with van der Waals surface area (Å²) in [6.45, 7) is 11.2. The Balaban J connectivity index is 1.31. The first-order valence-electron chi connectivity index (χ1n) is 17.0. The average molecular weight is 647 g/mol. The van der Waals surface area contributed by atoms with Gasteiger partial charge in [-0.3, -0.25) is 0 Å². The van der Waals surface area contributed by atoms with Gasteiger partial charge in [0.15, 0.2) is 24.5 Å². The molecular formula is C45H34N4O+2. The zero-order valence-electron chi connectivity index (χ0n) is 28.2. The van der Waals surface area contributed by atoms with Crippen LogP contribution in [0, 0.1) is 22.7 Å². The highest BCUT2D eigenvalue weighted by atomic mass is 16.3. The van der Waals surface area contributed by atoms with Crippen molar-refractivity contribution >= 4 is 21.9 Å². The summed E-state index contributed by atoms with van der Waals surface area (Å²) in [4.78, 5) is 0. The summed E-state index contributed by atoms with van der Waals surface area (Å²) in [6, 6.07) is 39.9. The van der Waals surface area contributed by atoms with E-state index in [1.54, 1.807) is 12.1 Å². The average Bonchev–Trinajstić information content (AvgIpc) is 3.69. The van der Waals surface area contributed by atoms with Crippen LogP contribution in [0.4, 0.5) is 0 Å². The minimum Gasteiger partial charge on any atom is -0.454 e. The number of nitrogens with zero attached hydrogens (tertiary/aromatic N) is 4. The van der Waals surface area contributed by atoms with Crippen molar-refractivity contribution < 1.29 is 13.6 Å². The summed E-state index contributed by atoms with van der Waals surface area (Å²) >= 11 is 0. The second kappa shape index (κ2) is 10.9. The number of nitriles is 2. The van der Waals surface area contributed by atoms with E-state index in [1.807, 2.05) is 24.3 Å². The fraction of sp³-hybridized carbons (Fsp3) is 0.156. The number of pyridine rings is 2. The zero-order valence-corrected chi connectivity index (χ0v) is 28.2. The predicted molar refractivity (Wildman–Crippen MR) is 195 cm³/mol. The molecule has 7 aromatic rings. The standard InChI is InChI=1S/C45H34N4O/c1-5-36-40(32-11-7-6-10-31(32)37-22-18-30(26-49(36)37)45(2,3)4)42-35-21-20-34-33-19-17-29(25-47)39(28-15-13-27(24-46)14-16-28)43(33)50-44(34)41(35)38-12-8-9-23-48(38)42/h5-23,26,36,40,42H,1H2,2-4H3/q+2. The molecule has 3 aromatic heterocycles. The van der Waals surface area contributed by atoms with Gasteiger partial charge in [0.05, 0.1) is 34.4 Å².